The lowest BCUT2D eigenvalue weighted by Crippen LogP contribution is -2.24. The number of hydrogen-bond acceptors (Lipinski definition) is 4. The molecule has 1 aromatic rings. The van der Waals surface area contributed by atoms with Gasteiger partial charge in [0.05, 0.1) is 14.5 Å². The van der Waals surface area contributed by atoms with Gasteiger partial charge in [0.1, 0.15) is 11.0 Å². The largest absolute Gasteiger partial charge is 0.235 e. The molecule has 0 bridgehead atoms. The Labute approximate surface area is 148 Å². The lowest BCUT2D eigenvalue weighted by Gasteiger charge is -2.30. The van der Waals surface area contributed by atoms with Crippen molar-refractivity contribution in [3.8, 4) is 0 Å². The molecule has 0 aromatic carbocycles. The minimum Gasteiger partial charge on any atom is -0.235 e. The standard InChI is InChI=1S/C14H20ClIN2S2/c1-5-8-10(20-7-6-19-8)13-17-11(14(2,3)4)9(16)12(15)18-13/h8,10H,5-7H2,1-4H3. The predicted molar refractivity (Wildman–Crippen MR) is 100 cm³/mol. The lowest BCUT2D eigenvalue weighted by molar-refractivity contribution is 0.555. The third-order valence-corrected chi connectivity index (χ3v) is 8.10. The highest BCUT2D eigenvalue weighted by molar-refractivity contribution is 14.1. The molecule has 2 rings (SSSR count). The molecule has 0 N–H and O–H groups in total. The molecule has 6 heteroatoms. The molecule has 2 unspecified atom stereocenters. The van der Waals surface area contributed by atoms with E-state index in [1.165, 1.54) is 11.5 Å². The topological polar surface area (TPSA) is 25.8 Å². The first-order valence-corrected chi connectivity index (χ1v) is 10.4. The molecule has 1 aliphatic rings. The van der Waals surface area contributed by atoms with E-state index in [1.807, 2.05) is 23.5 Å². The van der Waals surface area contributed by atoms with Crippen LogP contribution in [-0.4, -0.2) is 26.7 Å². The fourth-order valence-corrected chi connectivity index (χ4v) is 6.42. The fraction of sp³-hybridized carbons (Fsp3) is 0.714. The molecule has 0 radical (unpaired) electrons. The van der Waals surface area contributed by atoms with Crippen molar-refractivity contribution in [1.82, 2.24) is 9.97 Å². The molecule has 2 heterocycles. The second-order valence-corrected chi connectivity index (χ2v) is 9.93. The summed E-state index contributed by atoms with van der Waals surface area (Å²) in [6, 6.07) is 0. The van der Waals surface area contributed by atoms with Crippen LogP contribution in [0.15, 0.2) is 0 Å². The zero-order chi connectivity index (χ0) is 14.9. The molecule has 1 fully saturated rings. The number of rotatable bonds is 2. The molecule has 0 aliphatic carbocycles. The summed E-state index contributed by atoms with van der Waals surface area (Å²) in [7, 11) is 0. The van der Waals surface area contributed by atoms with Gasteiger partial charge >= 0.3 is 0 Å². The van der Waals surface area contributed by atoms with Gasteiger partial charge in [-0.25, -0.2) is 9.97 Å². The van der Waals surface area contributed by atoms with Crippen LogP contribution in [0.4, 0.5) is 0 Å². The van der Waals surface area contributed by atoms with Gasteiger partial charge < -0.3 is 0 Å². The second-order valence-electron chi connectivity index (χ2n) is 5.89. The molecule has 2 nitrogen and oxygen atoms in total. The zero-order valence-corrected chi connectivity index (χ0v) is 16.8. The summed E-state index contributed by atoms with van der Waals surface area (Å²) in [6.07, 6.45) is 1.15. The highest BCUT2D eigenvalue weighted by Crippen LogP contribution is 2.44. The van der Waals surface area contributed by atoms with E-state index in [2.05, 4.69) is 55.3 Å². The van der Waals surface area contributed by atoms with Crippen molar-refractivity contribution < 1.29 is 0 Å². The third kappa shape index (κ3) is 3.76. The summed E-state index contributed by atoms with van der Waals surface area (Å²) in [5, 5.41) is 1.57. The maximum atomic E-state index is 6.36. The van der Waals surface area contributed by atoms with Gasteiger partial charge in [0.15, 0.2) is 0 Å². The van der Waals surface area contributed by atoms with Gasteiger partial charge in [0.2, 0.25) is 0 Å². The molecule has 112 valence electrons. The molecule has 0 spiro atoms. The van der Waals surface area contributed by atoms with E-state index in [-0.39, 0.29) is 5.41 Å². The van der Waals surface area contributed by atoms with Crippen LogP contribution in [-0.2, 0) is 5.41 Å². The maximum Gasteiger partial charge on any atom is 0.146 e. The average molecular weight is 443 g/mol. The monoisotopic (exact) mass is 442 g/mol. The van der Waals surface area contributed by atoms with Crippen LogP contribution < -0.4 is 0 Å². The van der Waals surface area contributed by atoms with E-state index in [0.717, 1.165) is 21.5 Å². The van der Waals surface area contributed by atoms with Crippen molar-refractivity contribution in [2.75, 3.05) is 11.5 Å². The Bertz CT molecular complexity index is 491. The summed E-state index contributed by atoms with van der Waals surface area (Å²) >= 11 is 12.6. The third-order valence-electron chi connectivity index (χ3n) is 3.25. The highest BCUT2D eigenvalue weighted by atomic mass is 127. The van der Waals surface area contributed by atoms with Crippen molar-refractivity contribution >= 4 is 57.7 Å². The summed E-state index contributed by atoms with van der Waals surface area (Å²) in [4.78, 5) is 9.47. The van der Waals surface area contributed by atoms with Gasteiger partial charge in [0.25, 0.3) is 0 Å². The maximum absolute atomic E-state index is 6.36. The minimum absolute atomic E-state index is 0.00790. The molecular formula is C14H20ClIN2S2. The molecule has 20 heavy (non-hydrogen) atoms. The van der Waals surface area contributed by atoms with Crippen molar-refractivity contribution in [2.24, 2.45) is 0 Å². The Morgan fingerprint density at radius 2 is 1.90 bits per heavy atom. The van der Waals surface area contributed by atoms with E-state index in [4.69, 9.17) is 16.6 Å². The van der Waals surface area contributed by atoms with E-state index in [0.29, 0.717) is 15.7 Å². The van der Waals surface area contributed by atoms with Crippen LogP contribution in [0.1, 0.15) is 50.9 Å². The van der Waals surface area contributed by atoms with Gasteiger partial charge in [-0.05, 0) is 29.0 Å². The lowest BCUT2D eigenvalue weighted by atomic mass is 9.92. The Morgan fingerprint density at radius 1 is 1.25 bits per heavy atom. The van der Waals surface area contributed by atoms with Gasteiger partial charge in [-0.15, -0.1) is 11.8 Å². The molecule has 0 saturated carbocycles. The second kappa shape index (κ2) is 6.92. The smallest absolute Gasteiger partial charge is 0.146 e. The van der Waals surface area contributed by atoms with E-state index >= 15 is 0 Å². The number of thioether (sulfide) groups is 2. The van der Waals surface area contributed by atoms with E-state index < -0.39 is 0 Å². The quantitative estimate of drug-likeness (QED) is 0.456. The van der Waals surface area contributed by atoms with Crippen LogP contribution >= 0.6 is 57.7 Å². The Kier molecular flexibility index (Phi) is 5.94. The molecule has 2 atom stereocenters. The summed E-state index contributed by atoms with van der Waals surface area (Å²) < 4.78 is 0.988. The number of hydrogen-bond donors (Lipinski definition) is 0. The highest BCUT2D eigenvalue weighted by Gasteiger charge is 2.31. The van der Waals surface area contributed by atoms with Gasteiger partial charge in [-0.1, -0.05) is 39.3 Å². The van der Waals surface area contributed by atoms with Crippen molar-refractivity contribution in [3.05, 3.63) is 20.2 Å². The van der Waals surface area contributed by atoms with Gasteiger partial charge in [-0.2, -0.15) is 11.8 Å². The summed E-state index contributed by atoms with van der Waals surface area (Å²) in [5.41, 5.74) is 1.06. The normalized spacial score (nSPS) is 23.9. The SMILES string of the molecule is CCC1SCCSC1c1nc(Cl)c(I)c(C(C)(C)C)n1. The number of aromatic nitrogens is 2. The van der Waals surface area contributed by atoms with Crippen LogP contribution in [0.5, 0.6) is 0 Å². The molecule has 1 aromatic heterocycles. The average Bonchev–Trinajstić information content (AvgIpc) is 2.40. The Balaban J connectivity index is 2.44. The zero-order valence-electron chi connectivity index (χ0n) is 12.2. The Hall–Kier alpha value is 0.800. The van der Waals surface area contributed by atoms with Gasteiger partial charge in [-0.3, -0.25) is 0 Å². The van der Waals surface area contributed by atoms with Crippen LogP contribution in [0.3, 0.4) is 0 Å². The van der Waals surface area contributed by atoms with Crippen molar-refractivity contribution in [1.29, 1.82) is 0 Å². The first-order chi connectivity index (χ1) is 9.34. The van der Waals surface area contributed by atoms with Crippen molar-refractivity contribution in [3.63, 3.8) is 0 Å². The first-order valence-electron chi connectivity index (χ1n) is 6.81. The van der Waals surface area contributed by atoms with Gasteiger partial charge in [0, 0.05) is 22.2 Å². The Morgan fingerprint density at radius 3 is 2.50 bits per heavy atom. The molecule has 1 aliphatic heterocycles. The first kappa shape index (κ1) is 17.2. The summed E-state index contributed by atoms with van der Waals surface area (Å²) in [6.45, 7) is 8.78. The molecular weight excluding hydrogens is 423 g/mol. The van der Waals surface area contributed by atoms with Crippen molar-refractivity contribution in [2.45, 2.75) is 50.0 Å². The molecule has 0 amide bonds. The fourth-order valence-electron chi connectivity index (χ4n) is 2.20. The van der Waals surface area contributed by atoms with Crippen LogP contribution in [0.2, 0.25) is 5.15 Å². The van der Waals surface area contributed by atoms with E-state index in [1.54, 1.807) is 0 Å². The molecule has 1 saturated heterocycles. The summed E-state index contributed by atoms with van der Waals surface area (Å²) in [5.74, 6) is 3.32. The number of halogens is 2. The minimum atomic E-state index is -0.00790. The van der Waals surface area contributed by atoms with Crippen LogP contribution in [0, 0.1) is 3.57 Å². The van der Waals surface area contributed by atoms with E-state index in [9.17, 15) is 0 Å². The predicted octanol–water partition coefficient (Wildman–Crippen LogP) is 5.33. The van der Waals surface area contributed by atoms with Crippen LogP contribution in [0.25, 0.3) is 0 Å². The number of nitrogens with zero attached hydrogens (tertiary/aromatic N) is 2.